The summed E-state index contributed by atoms with van der Waals surface area (Å²) in [5.74, 6) is -1.01. The first-order chi connectivity index (χ1) is 13.0. The minimum absolute atomic E-state index is 0.0283. The lowest BCUT2D eigenvalue weighted by Crippen LogP contribution is -2.45. The van der Waals surface area contributed by atoms with Gasteiger partial charge < -0.3 is 16.0 Å². The zero-order valence-electron chi connectivity index (χ0n) is 15.2. The van der Waals surface area contributed by atoms with Gasteiger partial charge in [0.25, 0.3) is 5.91 Å². The Bertz CT molecular complexity index is 836. The van der Waals surface area contributed by atoms with Gasteiger partial charge >= 0.3 is 0 Å². The van der Waals surface area contributed by atoms with Crippen molar-refractivity contribution >= 4 is 23.4 Å². The molecule has 0 saturated carbocycles. The molecule has 0 saturated heterocycles. The third-order valence-electron chi connectivity index (χ3n) is 4.56. The molecule has 2 aromatic carbocycles. The Hall–Kier alpha value is -3.15. The standard InChI is InChI=1S/C21H23N3O3/c1-14(11-12-15-7-3-2-4-8-15)22-19(25)13-18-21(27)23-17-10-6-5-9-16(17)20(26)24-18/h2-10,14,18H,11-13H2,1H3,(H,22,25)(H,23,27)(H,24,26)/t14?,18-/m1/s1. The van der Waals surface area contributed by atoms with E-state index in [1.165, 1.54) is 5.56 Å². The average molecular weight is 365 g/mol. The van der Waals surface area contributed by atoms with Crippen LogP contribution in [0.15, 0.2) is 54.6 Å². The first-order valence-corrected chi connectivity index (χ1v) is 9.07. The number of aryl methyl sites for hydroxylation is 1. The predicted octanol–water partition coefficient (Wildman–Crippen LogP) is 2.26. The van der Waals surface area contributed by atoms with Crippen molar-refractivity contribution < 1.29 is 14.4 Å². The van der Waals surface area contributed by atoms with Gasteiger partial charge in [0.15, 0.2) is 0 Å². The number of nitrogens with one attached hydrogen (secondary N) is 3. The number of carbonyl (C=O) groups is 3. The van der Waals surface area contributed by atoms with Crippen molar-refractivity contribution in [2.75, 3.05) is 5.32 Å². The van der Waals surface area contributed by atoms with Crippen molar-refractivity contribution in [3.63, 3.8) is 0 Å². The van der Waals surface area contributed by atoms with E-state index in [0.717, 1.165) is 12.8 Å². The topological polar surface area (TPSA) is 87.3 Å². The summed E-state index contributed by atoms with van der Waals surface area (Å²) in [6.07, 6.45) is 1.56. The number of hydrogen-bond donors (Lipinski definition) is 3. The van der Waals surface area contributed by atoms with E-state index in [-0.39, 0.29) is 30.2 Å². The Labute approximate surface area is 158 Å². The normalized spacial score (nSPS) is 17.1. The maximum Gasteiger partial charge on any atom is 0.254 e. The highest BCUT2D eigenvalue weighted by Gasteiger charge is 2.29. The molecule has 6 nitrogen and oxygen atoms in total. The molecule has 1 aliphatic heterocycles. The lowest BCUT2D eigenvalue weighted by molar-refractivity contribution is -0.126. The number of anilines is 1. The quantitative estimate of drug-likeness (QED) is 0.734. The fourth-order valence-corrected chi connectivity index (χ4v) is 3.07. The van der Waals surface area contributed by atoms with Gasteiger partial charge in [-0.25, -0.2) is 0 Å². The van der Waals surface area contributed by atoms with Crippen LogP contribution < -0.4 is 16.0 Å². The second kappa shape index (κ2) is 8.49. The van der Waals surface area contributed by atoms with Gasteiger partial charge in [0.05, 0.1) is 17.7 Å². The van der Waals surface area contributed by atoms with Crippen LogP contribution in [0.2, 0.25) is 0 Å². The van der Waals surface area contributed by atoms with Gasteiger partial charge in [-0.2, -0.15) is 0 Å². The summed E-state index contributed by atoms with van der Waals surface area (Å²) in [7, 11) is 0. The molecule has 140 valence electrons. The first kappa shape index (κ1) is 18.6. The molecule has 0 fully saturated rings. The molecule has 0 aromatic heterocycles. The Kier molecular flexibility index (Phi) is 5.86. The molecule has 0 spiro atoms. The Balaban J connectivity index is 1.53. The lowest BCUT2D eigenvalue weighted by atomic mass is 10.1. The third-order valence-corrected chi connectivity index (χ3v) is 4.56. The second-order valence-corrected chi connectivity index (χ2v) is 6.76. The molecule has 2 atom stereocenters. The van der Waals surface area contributed by atoms with Gasteiger partial charge in [-0.3, -0.25) is 14.4 Å². The Morgan fingerprint density at radius 1 is 1.07 bits per heavy atom. The van der Waals surface area contributed by atoms with Crippen molar-refractivity contribution in [3.05, 3.63) is 65.7 Å². The largest absolute Gasteiger partial charge is 0.354 e. The van der Waals surface area contributed by atoms with Crippen LogP contribution in [0.1, 0.15) is 35.7 Å². The highest BCUT2D eigenvalue weighted by Crippen LogP contribution is 2.18. The van der Waals surface area contributed by atoms with Crippen molar-refractivity contribution in [2.24, 2.45) is 0 Å². The van der Waals surface area contributed by atoms with Gasteiger partial charge in [0.1, 0.15) is 6.04 Å². The van der Waals surface area contributed by atoms with Crippen LogP contribution in [0, 0.1) is 0 Å². The third kappa shape index (κ3) is 4.94. The van der Waals surface area contributed by atoms with Crippen LogP contribution in [0.3, 0.4) is 0 Å². The molecular weight excluding hydrogens is 342 g/mol. The molecule has 3 N–H and O–H groups in total. The van der Waals surface area contributed by atoms with E-state index in [9.17, 15) is 14.4 Å². The molecule has 0 aliphatic carbocycles. The van der Waals surface area contributed by atoms with Crippen molar-refractivity contribution in [3.8, 4) is 0 Å². The fourth-order valence-electron chi connectivity index (χ4n) is 3.07. The maximum absolute atomic E-state index is 12.3. The number of para-hydroxylation sites is 1. The summed E-state index contributed by atoms with van der Waals surface area (Å²) in [4.78, 5) is 37.0. The number of amides is 3. The van der Waals surface area contributed by atoms with Gasteiger partial charge in [0.2, 0.25) is 11.8 Å². The molecule has 6 heteroatoms. The second-order valence-electron chi connectivity index (χ2n) is 6.76. The predicted molar refractivity (Wildman–Crippen MR) is 103 cm³/mol. The first-order valence-electron chi connectivity index (χ1n) is 9.07. The highest BCUT2D eigenvalue weighted by atomic mass is 16.2. The zero-order valence-corrected chi connectivity index (χ0v) is 15.2. The van der Waals surface area contributed by atoms with Crippen LogP contribution in [0.25, 0.3) is 0 Å². The molecular formula is C21H23N3O3. The van der Waals surface area contributed by atoms with E-state index in [0.29, 0.717) is 11.3 Å². The van der Waals surface area contributed by atoms with E-state index in [1.807, 2.05) is 25.1 Å². The van der Waals surface area contributed by atoms with Crippen LogP contribution >= 0.6 is 0 Å². The Morgan fingerprint density at radius 3 is 2.56 bits per heavy atom. The average Bonchev–Trinajstić information content (AvgIpc) is 2.77. The zero-order chi connectivity index (χ0) is 19.2. The number of rotatable bonds is 6. The molecule has 27 heavy (non-hydrogen) atoms. The van der Waals surface area contributed by atoms with E-state index in [1.54, 1.807) is 24.3 Å². The van der Waals surface area contributed by atoms with Gasteiger partial charge in [0, 0.05) is 6.04 Å². The lowest BCUT2D eigenvalue weighted by Gasteiger charge is -2.17. The summed E-state index contributed by atoms with van der Waals surface area (Å²) < 4.78 is 0. The molecule has 2 aromatic rings. The molecule has 3 amide bonds. The van der Waals surface area contributed by atoms with Crippen molar-refractivity contribution in [2.45, 2.75) is 38.3 Å². The van der Waals surface area contributed by atoms with Crippen LogP contribution in [-0.4, -0.2) is 29.8 Å². The molecule has 3 rings (SSSR count). The number of fused-ring (bicyclic) bond motifs is 1. The SMILES string of the molecule is CC(CCc1ccccc1)NC(=O)C[C@H]1NC(=O)c2ccccc2NC1=O. The van der Waals surface area contributed by atoms with Crippen molar-refractivity contribution in [1.82, 2.24) is 10.6 Å². The molecule has 0 radical (unpaired) electrons. The summed E-state index contributed by atoms with van der Waals surface area (Å²) in [6, 6.07) is 15.9. The minimum Gasteiger partial charge on any atom is -0.354 e. The van der Waals surface area contributed by atoms with E-state index < -0.39 is 6.04 Å². The fraction of sp³-hybridized carbons (Fsp3) is 0.286. The smallest absolute Gasteiger partial charge is 0.254 e. The monoisotopic (exact) mass is 365 g/mol. The van der Waals surface area contributed by atoms with Gasteiger partial charge in [-0.15, -0.1) is 0 Å². The Morgan fingerprint density at radius 2 is 1.78 bits per heavy atom. The highest BCUT2D eigenvalue weighted by molar-refractivity contribution is 6.10. The molecule has 1 unspecified atom stereocenters. The summed E-state index contributed by atoms with van der Waals surface area (Å²) in [6.45, 7) is 1.93. The molecule has 1 aliphatic rings. The summed E-state index contributed by atoms with van der Waals surface area (Å²) >= 11 is 0. The van der Waals surface area contributed by atoms with Crippen molar-refractivity contribution in [1.29, 1.82) is 0 Å². The number of carbonyl (C=O) groups excluding carboxylic acids is 3. The summed E-state index contributed by atoms with van der Waals surface area (Å²) in [5.41, 5.74) is 2.07. The van der Waals surface area contributed by atoms with E-state index >= 15 is 0 Å². The molecule has 1 heterocycles. The number of hydrogen-bond acceptors (Lipinski definition) is 3. The van der Waals surface area contributed by atoms with Crippen LogP contribution in [0.4, 0.5) is 5.69 Å². The van der Waals surface area contributed by atoms with Crippen LogP contribution in [-0.2, 0) is 16.0 Å². The number of benzene rings is 2. The maximum atomic E-state index is 12.3. The van der Waals surface area contributed by atoms with E-state index in [4.69, 9.17) is 0 Å². The summed E-state index contributed by atoms with van der Waals surface area (Å²) in [5, 5.41) is 8.25. The molecule has 0 bridgehead atoms. The van der Waals surface area contributed by atoms with Crippen LogP contribution in [0.5, 0.6) is 0 Å². The minimum atomic E-state index is -0.897. The van der Waals surface area contributed by atoms with Gasteiger partial charge in [-0.05, 0) is 37.5 Å². The van der Waals surface area contributed by atoms with E-state index in [2.05, 4.69) is 28.1 Å². The van der Waals surface area contributed by atoms with Gasteiger partial charge in [-0.1, -0.05) is 42.5 Å².